The third-order valence-corrected chi connectivity index (χ3v) is 5.36. The summed E-state index contributed by atoms with van der Waals surface area (Å²) in [4.78, 5) is 3.39. The van der Waals surface area contributed by atoms with Crippen molar-refractivity contribution in [1.82, 2.24) is 9.55 Å². The lowest BCUT2D eigenvalue weighted by molar-refractivity contribution is 0.483. The van der Waals surface area contributed by atoms with Crippen LogP contribution in [0.25, 0.3) is 11.0 Å². The zero-order valence-electron chi connectivity index (χ0n) is 11.6. The summed E-state index contributed by atoms with van der Waals surface area (Å²) in [6.45, 7) is 2.15. The van der Waals surface area contributed by atoms with E-state index in [4.69, 9.17) is 12.2 Å². The molecule has 0 amide bonds. The van der Waals surface area contributed by atoms with Gasteiger partial charge in [0.05, 0.1) is 15.9 Å². The Morgan fingerprint density at radius 1 is 1.45 bits per heavy atom. The first-order valence-electron chi connectivity index (χ1n) is 6.81. The zero-order chi connectivity index (χ0) is 14.5. The van der Waals surface area contributed by atoms with E-state index in [1.807, 2.05) is 6.07 Å². The second-order valence-corrected chi connectivity index (χ2v) is 8.12. The molecule has 20 heavy (non-hydrogen) atoms. The second-order valence-electron chi connectivity index (χ2n) is 5.75. The fraction of sp³-hybridized carbons (Fsp3) is 0.500. The first-order chi connectivity index (χ1) is 9.38. The SMILES string of the molecule is CC(CC1CC1)n1c(=S)[nH]c2c(S(C)(=O)=O)cccc21. The topological polar surface area (TPSA) is 54.9 Å². The molecule has 4 nitrogen and oxygen atoms in total. The average molecular weight is 310 g/mol. The van der Waals surface area contributed by atoms with E-state index < -0.39 is 9.84 Å². The van der Waals surface area contributed by atoms with Crippen molar-refractivity contribution >= 4 is 33.1 Å². The van der Waals surface area contributed by atoms with Gasteiger partial charge >= 0.3 is 0 Å². The van der Waals surface area contributed by atoms with Crippen LogP contribution < -0.4 is 0 Å². The quantitative estimate of drug-likeness (QED) is 0.880. The molecular formula is C14H18N2O2S2. The van der Waals surface area contributed by atoms with Gasteiger partial charge in [-0.25, -0.2) is 8.42 Å². The lowest BCUT2D eigenvalue weighted by Gasteiger charge is -2.14. The van der Waals surface area contributed by atoms with Crippen molar-refractivity contribution in [2.24, 2.45) is 5.92 Å². The average Bonchev–Trinajstić information content (AvgIpc) is 3.07. The number of hydrogen-bond donors (Lipinski definition) is 1. The van der Waals surface area contributed by atoms with E-state index in [0.717, 1.165) is 17.9 Å². The predicted octanol–water partition coefficient (Wildman–Crippen LogP) is 3.46. The van der Waals surface area contributed by atoms with Crippen molar-refractivity contribution in [3.8, 4) is 0 Å². The van der Waals surface area contributed by atoms with Gasteiger partial charge in [0.1, 0.15) is 0 Å². The third kappa shape index (κ3) is 2.42. The molecule has 6 heteroatoms. The molecule has 1 aliphatic carbocycles. The van der Waals surface area contributed by atoms with Crippen LogP contribution in [0.1, 0.15) is 32.2 Å². The van der Waals surface area contributed by atoms with Crippen molar-refractivity contribution in [3.05, 3.63) is 23.0 Å². The summed E-state index contributed by atoms with van der Waals surface area (Å²) in [5, 5.41) is 0. The van der Waals surface area contributed by atoms with Crippen LogP contribution in [0.3, 0.4) is 0 Å². The first-order valence-corrected chi connectivity index (χ1v) is 9.11. The molecule has 1 unspecified atom stereocenters. The highest BCUT2D eigenvalue weighted by molar-refractivity contribution is 7.91. The molecule has 1 aromatic heterocycles. The maximum atomic E-state index is 11.9. The lowest BCUT2D eigenvalue weighted by Crippen LogP contribution is -2.06. The van der Waals surface area contributed by atoms with E-state index in [-0.39, 0.29) is 0 Å². The molecule has 1 fully saturated rings. The van der Waals surface area contributed by atoms with E-state index in [0.29, 0.717) is 21.2 Å². The molecule has 1 atom stereocenters. The number of hydrogen-bond acceptors (Lipinski definition) is 3. The third-order valence-electron chi connectivity index (χ3n) is 3.93. The number of nitrogens with zero attached hydrogens (tertiary/aromatic N) is 1. The van der Waals surface area contributed by atoms with E-state index in [2.05, 4.69) is 16.5 Å². The summed E-state index contributed by atoms with van der Waals surface area (Å²) in [6, 6.07) is 5.62. The van der Waals surface area contributed by atoms with Crippen LogP contribution >= 0.6 is 12.2 Å². The Morgan fingerprint density at radius 3 is 2.75 bits per heavy atom. The van der Waals surface area contributed by atoms with Crippen molar-refractivity contribution < 1.29 is 8.42 Å². The number of imidazole rings is 1. The van der Waals surface area contributed by atoms with Gasteiger partial charge in [0, 0.05) is 12.3 Å². The molecule has 108 valence electrons. The molecule has 0 saturated heterocycles. The van der Waals surface area contributed by atoms with E-state index in [1.54, 1.807) is 12.1 Å². The fourth-order valence-electron chi connectivity index (χ4n) is 2.81. The Morgan fingerprint density at radius 2 is 2.15 bits per heavy atom. The maximum absolute atomic E-state index is 11.9. The Balaban J connectivity index is 2.19. The summed E-state index contributed by atoms with van der Waals surface area (Å²) in [5.74, 6) is 0.801. The second kappa shape index (κ2) is 4.70. The predicted molar refractivity (Wildman–Crippen MR) is 82.3 cm³/mol. The molecule has 1 heterocycles. The molecule has 1 N–H and O–H groups in total. The Kier molecular flexibility index (Phi) is 3.25. The maximum Gasteiger partial charge on any atom is 0.178 e. The highest BCUT2D eigenvalue weighted by atomic mass is 32.2. The fourth-order valence-corrected chi connectivity index (χ4v) is 4.04. The molecule has 1 aromatic carbocycles. The number of sulfone groups is 1. The number of aromatic amines is 1. The minimum Gasteiger partial charge on any atom is -0.329 e. The van der Waals surface area contributed by atoms with Gasteiger partial charge in [0.15, 0.2) is 14.6 Å². The Bertz CT molecular complexity index is 813. The van der Waals surface area contributed by atoms with Gasteiger partial charge in [-0.2, -0.15) is 0 Å². The minimum absolute atomic E-state index is 0.290. The first kappa shape index (κ1) is 13.8. The highest BCUT2D eigenvalue weighted by Gasteiger charge is 2.26. The largest absolute Gasteiger partial charge is 0.329 e. The van der Waals surface area contributed by atoms with Crippen LogP contribution in [0, 0.1) is 10.7 Å². The number of benzene rings is 1. The molecule has 0 radical (unpaired) electrons. The summed E-state index contributed by atoms with van der Waals surface area (Å²) in [6.07, 6.45) is 4.93. The number of aromatic nitrogens is 2. The minimum atomic E-state index is -3.26. The van der Waals surface area contributed by atoms with Crippen LogP contribution in [0.4, 0.5) is 0 Å². The molecule has 1 aliphatic rings. The Hall–Kier alpha value is -1.14. The highest BCUT2D eigenvalue weighted by Crippen LogP contribution is 2.38. The number of nitrogens with one attached hydrogen (secondary N) is 1. The molecule has 0 spiro atoms. The standard InChI is InChI=1S/C14H18N2O2S2/c1-9(8-10-6-7-10)16-11-4-3-5-12(20(2,17)18)13(11)15-14(16)19/h3-5,9-10H,6-8H2,1-2H3,(H,15,19). The summed E-state index contributed by atoms with van der Waals surface area (Å²) in [7, 11) is -3.26. The van der Waals surface area contributed by atoms with Gasteiger partial charge in [-0.15, -0.1) is 0 Å². The van der Waals surface area contributed by atoms with E-state index in [1.165, 1.54) is 19.1 Å². The van der Waals surface area contributed by atoms with Crippen molar-refractivity contribution in [3.63, 3.8) is 0 Å². The smallest absolute Gasteiger partial charge is 0.178 e. The van der Waals surface area contributed by atoms with Crippen molar-refractivity contribution in [2.45, 2.75) is 37.1 Å². The molecule has 0 aliphatic heterocycles. The van der Waals surface area contributed by atoms with Crippen LogP contribution in [-0.4, -0.2) is 24.2 Å². The number of fused-ring (bicyclic) bond motifs is 1. The molecule has 3 rings (SSSR count). The normalized spacial score (nSPS) is 17.5. The van der Waals surface area contributed by atoms with Crippen LogP contribution in [0.15, 0.2) is 23.1 Å². The van der Waals surface area contributed by atoms with Gasteiger partial charge in [0.25, 0.3) is 0 Å². The van der Waals surface area contributed by atoms with Gasteiger partial charge < -0.3 is 9.55 Å². The Labute approximate surface area is 123 Å². The van der Waals surface area contributed by atoms with E-state index >= 15 is 0 Å². The van der Waals surface area contributed by atoms with Gasteiger partial charge in [-0.05, 0) is 43.6 Å². The van der Waals surface area contributed by atoms with Gasteiger partial charge in [-0.3, -0.25) is 0 Å². The van der Waals surface area contributed by atoms with Gasteiger partial charge in [0.2, 0.25) is 0 Å². The molecule has 1 saturated carbocycles. The van der Waals surface area contributed by atoms with Crippen LogP contribution in [-0.2, 0) is 9.84 Å². The van der Waals surface area contributed by atoms with E-state index in [9.17, 15) is 8.42 Å². The summed E-state index contributed by atoms with van der Waals surface area (Å²) < 4.78 is 26.4. The summed E-state index contributed by atoms with van der Waals surface area (Å²) in [5.41, 5.74) is 1.51. The van der Waals surface area contributed by atoms with Crippen LogP contribution in [0.5, 0.6) is 0 Å². The van der Waals surface area contributed by atoms with Crippen molar-refractivity contribution in [1.29, 1.82) is 0 Å². The zero-order valence-corrected chi connectivity index (χ0v) is 13.2. The van der Waals surface area contributed by atoms with Crippen molar-refractivity contribution in [2.75, 3.05) is 6.26 Å². The molecule has 2 aromatic rings. The van der Waals surface area contributed by atoms with Crippen LogP contribution in [0.2, 0.25) is 0 Å². The number of H-pyrrole nitrogens is 1. The molecule has 0 bridgehead atoms. The number of para-hydroxylation sites is 1. The summed E-state index contributed by atoms with van der Waals surface area (Å²) >= 11 is 5.40. The lowest BCUT2D eigenvalue weighted by atomic mass is 10.1. The number of rotatable bonds is 4. The monoisotopic (exact) mass is 310 g/mol. The molecular weight excluding hydrogens is 292 g/mol. The van der Waals surface area contributed by atoms with Gasteiger partial charge in [-0.1, -0.05) is 18.9 Å².